The van der Waals surface area contributed by atoms with E-state index in [1.54, 1.807) is 6.07 Å². The van der Waals surface area contributed by atoms with E-state index in [2.05, 4.69) is 4.85 Å². The van der Waals surface area contributed by atoms with Gasteiger partial charge in [0.05, 0.1) is 12.1 Å². The molecule has 0 amide bonds. The molecule has 4 aromatic rings. The lowest BCUT2D eigenvalue weighted by molar-refractivity contribution is -0.666. The lowest BCUT2D eigenvalue weighted by atomic mass is 9.96. The molecule has 0 aliphatic heterocycles. The van der Waals surface area contributed by atoms with Gasteiger partial charge in [-0.05, 0) is 36.4 Å². The molecule has 0 fully saturated rings. The third-order valence-electron chi connectivity index (χ3n) is 5.31. The van der Waals surface area contributed by atoms with E-state index in [4.69, 9.17) is 13.7 Å². The molecule has 0 unspecified atom stereocenters. The first kappa shape index (κ1) is 16.7. The van der Waals surface area contributed by atoms with Gasteiger partial charge in [-0.3, -0.25) is 0 Å². The monoisotopic (exact) mass is 389 g/mol. The van der Waals surface area contributed by atoms with E-state index in [1.807, 2.05) is 63.6 Å². The van der Waals surface area contributed by atoms with Crippen LogP contribution in [0.4, 0.5) is 10.1 Å². The number of hydrogen-bond donors (Lipinski definition) is 0. The topological polar surface area (TPSA) is 21.4 Å². The maximum Gasteiger partial charge on any atom is 0.264 e. The van der Waals surface area contributed by atoms with Crippen molar-refractivity contribution in [3.63, 3.8) is 0 Å². The van der Waals surface area contributed by atoms with Crippen molar-refractivity contribution in [1.82, 2.24) is 0 Å². The molecule has 2 heterocycles. The van der Waals surface area contributed by atoms with Crippen LogP contribution in [-0.4, -0.2) is 0 Å². The van der Waals surface area contributed by atoms with Gasteiger partial charge in [-0.2, -0.15) is 4.57 Å². The number of pyridine rings is 1. The van der Waals surface area contributed by atoms with Crippen molar-refractivity contribution in [2.75, 3.05) is 0 Å². The minimum Gasteiger partial charge on any atom is -0.466 e. The molecule has 3 nitrogen and oxygen atoms in total. The van der Waals surface area contributed by atoms with Gasteiger partial charge in [-0.1, -0.05) is 32.0 Å². The van der Waals surface area contributed by atoms with Crippen LogP contribution in [0.3, 0.4) is 0 Å². The Kier molecular flexibility index (Phi) is 4.04. The second kappa shape index (κ2) is 7.00. The van der Waals surface area contributed by atoms with Crippen molar-refractivity contribution in [1.29, 1.82) is 0 Å². The van der Waals surface area contributed by atoms with Gasteiger partial charge in [0.2, 0.25) is 5.69 Å². The lowest BCUT2D eigenvalue weighted by Gasteiger charge is -2.11. The van der Waals surface area contributed by atoms with Crippen LogP contribution in [0.1, 0.15) is 33.4 Å². The highest BCUT2D eigenvalue weighted by Gasteiger charge is 2.24. The molecule has 0 aliphatic carbocycles. The van der Waals surface area contributed by atoms with E-state index >= 15 is 0 Å². The molecule has 0 bridgehead atoms. The Morgan fingerprint density at radius 2 is 1.83 bits per heavy atom. The molecule has 0 atom stereocenters. The molecule has 146 valence electrons. The smallest absolute Gasteiger partial charge is 0.264 e. The highest BCUT2D eigenvalue weighted by atomic mass is 19.1. The first-order valence-corrected chi connectivity index (χ1v) is 9.61. The predicted octanol–water partition coefficient (Wildman–Crippen LogP) is 6.58. The molecule has 0 N–H and O–H groups in total. The second-order valence-corrected chi connectivity index (χ2v) is 7.75. The molecule has 2 aromatic heterocycles. The van der Waals surface area contributed by atoms with Crippen molar-refractivity contribution in [3.05, 3.63) is 70.5 Å². The Morgan fingerprint density at radius 3 is 2.52 bits per heavy atom. The number of nitrogens with zero attached hydrogens (tertiary/aromatic N) is 2. The van der Waals surface area contributed by atoms with E-state index in [0.717, 1.165) is 27.9 Å². The number of fused-ring (bicyclic) bond motifs is 3. The number of aryl methyl sites for hydroxylation is 2. The van der Waals surface area contributed by atoms with Crippen LogP contribution in [-0.2, 0) is 13.4 Å². The summed E-state index contributed by atoms with van der Waals surface area (Å²) in [6.45, 7) is 15.0. The SMILES string of the molecule is [2H]C([2H])(c1cc(C)[n+](C)c(-c2c(C)ccc3c2oc2c([N+]#[C-])c(F)ccc23)c1)C(C)C. The highest BCUT2D eigenvalue weighted by Crippen LogP contribution is 2.41. The first-order valence-electron chi connectivity index (χ1n) is 10.6. The van der Waals surface area contributed by atoms with Crippen LogP contribution in [0.25, 0.3) is 38.0 Å². The average molecular weight is 389 g/mol. The van der Waals surface area contributed by atoms with Gasteiger partial charge in [0.1, 0.15) is 24.0 Å². The molecule has 29 heavy (non-hydrogen) atoms. The molecule has 0 radical (unpaired) electrons. The molecule has 4 heteroatoms. The maximum atomic E-state index is 14.2. The summed E-state index contributed by atoms with van der Waals surface area (Å²) in [5, 5.41) is 1.49. The molecular weight excluding hydrogens is 363 g/mol. The Morgan fingerprint density at radius 1 is 1.14 bits per heavy atom. The molecule has 0 aliphatic rings. The fraction of sp³-hybridized carbons (Fsp3) is 0.280. The molecular formula is C25H24FN2O+. The zero-order chi connectivity index (χ0) is 22.7. The maximum absolute atomic E-state index is 14.2. The molecule has 0 saturated heterocycles. The lowest BCUT2D eigenvalue weighted by Crippen LogP contribution is -2.35. The fourth-order valence-corrected chi connectivity index (χ4v) is 3.84. The summed E-state index contributed by atoms with van der Waals surface area (Å²) in [6, 6.07) is 10.6. The van der Waals surface area contributed by atoms with E-state index < -0.39 is 12.2 Å². The van der Waals surface area contributed by atoms with Gasteiger partial charge in [-0.25, -0.2) is 9.24 Å². The Balaban J connectivity index is 2.12. The largest absolute Gasteiger partial charge is 0.466 e. The fourth-order valence-electron chi connectivity index (χ4n) is 3.84. The molecule has 0 saturated carbocycles. The van der Waals surface area contributed by atoms with Gasteiger partial charge in [0.15, 0.2) is 5.69 Å². The number of benzene rings is 2. The number of furan rings is 1. The summed E-state index contributed by atoms with van der Waals surface area (Å²) in [4.78, 5) is 3.34. The summed E-state index contributed by atoms with van der Waals surface area (Å²) < 4.78 is 39.5. The van der Waals surface area contributed by atoms with E-state index in [1.165, 1.54) is 6.07 Å². The first-order chi connectivity index (χ1) is 14.6. The minimum atomic E-state index is -1.50. The predicted molar refractivity (Wildman–Crippen MR) is 115 cm³/mol. The normalized spacial score (nSPS) is 13.0. The molecule has 4 rings (SSSR count). The van der Waals surface area contributed by atoms with Crippen molar-refractivity contribution >= 4 is 27.6 Å². The Bertz CT molecular complexity index is 1400. The zero-order valence-electron chi connectivity index (χ0n) is 19.2. The van der Waals surface area contributed by atoms with Gasteiger partial charge >= 0.3 is 0 Å². The third-order valence-corrected chi connectivity index (χ3v) is 5.31. The van der Waals surface area contributed by atoms with Crippen LogP contribution < -0.4 is 4.57 Å². The Hall–Kier alpha value is -3.19. The zero-order valence-corrected chi connectivity index (χ0v) is 17.2. The van der Waals surface area contributed by atoms with Gasteiger partial charge < -0.3 is 4.42 Å². The van der Waals surface area contributed by atoms with Gasteiger partial charge in [0.25, 0.3) is 5.69 Å². The number of aromatic nitrogens is 1. The highest BCUT2D eigenvalue weighted by molar-refractivity contribution is 6.12. The van der Waals surface area contributed by atoms with E-state index in [9.17, 15) is 4.39 Å². The van der Waals surface area contributed by atoms with Crippen LogP contribution in [0.15, 0.2) is 40.8 Å². The summed E-state index contributed by atoms with van der Waals surface area (Å²) in [5.74, 6) is -0.798. The van der Waals surface area contributed by atoms with Crippen molar-refractivity contribution in [3.8, 4) is 11.3 Å². The van der Waals surface area contributed by atoms with Crippen LogP contribution >= 0.6 is 0 Å². The van der Waals surface area contributed by atoms with Crippen molar-refractivity contribution in [2.45, 2.75) is 34.1 Å². The molecule has 0 spiro atoms. The van der Waals surface area contributed by atoms with Gasteiger partial charge in [0, 0.05) is 32.6 Å². The molecule has 2 aromatic carbocycles. The van der Waals surface area contributed by atoms with Crippen molar-refractivity contribution in [2.24, 2.45) is 13.0 Å². The number of halogens is 1. The average Bonchev–Trinajstić information content (AvgIpc) is 3.08. The standard InChI is InChI=1S/C25H24FN2O/c1-14(2)11-17-12-16(4)28(6)21(13-17)22-15(3)7-8-18-19-9-10-20(26)23(27-5)25(19)29-24(18)22/h7-10,12-14H,11H2,1-4,6H3/q+1/i11D2. The van der Waals surface area contributed by atoms with Crippen LogP contribution in [0.5, 0.6) is 0 Å². The van der Waals surface area contributed by atoms with E-state index in [0.29, 0.717) is 16.5 Å². The van der Waals surface area contributed by atoms with Gasteiger partial charge in [-0.15, -0.1) is 0 Å². The summed E-state index contributed by atoms with van der Waals surface area (Å²) in [7, 11) is 1.94. The summed E-state index contributed by atoms with van der Waals surface area (Å²) in [5.41, 5.74) is 4.79. The number of rotatable bonds is 3. The third kappa shape index (κ3) is 3.07. The minimum absolute atomic E-state index is 0.122. The summed E-state index contributed by atoms with van der Waals surface area (Å²) in [6.07, 6.45) is -1.50. The van der Waals surface area contributed by atoms with Crippen molar-refractivity contribution < 1.29 is 16.1 Å². The second-order valence-electron chi connectivity index (χ2n) is 7.75. The number of hydrogen-bond acceptors (Lipinski definition) is 1. The summed E-state index contributed by atoms with van der Waals surface area (Å²) >= 11 is 0. The Labute approximate surface area is 173 Å². The van der Waals surface area contributed by atoms with Crippen LogP contribution in [0, 0.1) is 32.2 Å². The quantitative estimate of drug-likeness (QED) is 0.286. The van der Waals surface area contributed by atoms with Crippen LogP contribution in [0.2, 0.25) is 0 Å². The van der Waals surface area contributed by atoms with E-state index in [-0.39, 0.29) is 17.2 Å².